The lowest BCUT2D eigenvalue weighted by molar-refractivity contribution is -0.384. The van der Waals surface area contributed by atoms with Gasteiger partial charge in [-0.1, -0.05) is 81.4 Å². The van der Waals surface area contributed by atoms with Crippen molar-refractivity contribution in [3.05, 3.63) is 118 Å². The van der Waals surface area contributed by atoms with Crippen molar-refractivity contribution < 1.29 is 58.0 Å². The average molecular weight is 862 g/mol. The number of amides is 1. The number of nitrogens with one attached hydrogen (secondary N) is 1. The molecule has 0 saturated heterocycles. The summed E-state index contributed by atoms with van der Waals surface area (Å²) in [6.07, 6.45) is -6.96. The number of carbonyl (C=O) groups is 1. The number of aromatic nitrogens is 5. The first-order chi connectivity index (χ1) is 26.9. The number of tetrazole rings is 1. The molecule has 11 nitrogen and oxygen atoms in total. The van der Waals surface area contributed by atoms with Crippen LogP contribution in [0.3, 0.4) is 0 Å². The molecule has 2 aromatic heterocycles. The van der Waals surface area contributed by atoms with Crippen molar-refractivity contribution in [3.63, 3.8) is 0 Å². The Morgan fingerprint density at radius 1 is 0.897 bits per heavy atom. The third-order valence-corrected chi connectivity index (χ3v) is 14.6. The van der Waals surface area contributed by atoms with Gasteiger partial charge in [0.2, 0.25) is 5.16 Å². The Kier molecular flexibility index (Phi) is 12.1. The highest BCUT2D eigenvalue weighted by atomic mass is 32.2. The van der Waals surface area contributed by atoms with Crippen LogP contribution in [-0.2, 0) is 16.9 Å². The van der Waals surface area contributed by atoms with Crippen molar-refractivity contribution in [3.8, 4) is 0 Å². The van der Waals surface area contributed by atoms with E-state index in [2.05, 4.69) is 20.5 Å². The van der Waals surface area contributed by atoms with Crippen LogP contribution < -0.4 is 15.7 Å². The fourth-order valence-electron chi connectivity index (χ4n) is 5.84. The molecule has 0 aliphatic heterocycles. The molecule has 2 heterocycles. The van der Waals surface area contributed by atoms with Crippen LogP contribution in [0.15, 0.2) is 101 Å². The highest BCUT2D eigenvalue weighted by Gasteiger charge is 2.73. The maximum atomic E-state index is 16.0. The van der Waals surface area contributed by atoms with Crippen molar-refractivity contribution >= 4 is 47.9 Å². The fourth-order valence-corrected chi connectivity index (χ4v) is 11.3. The van der Waals surface area contributed by atoms with Crippen molar-refractivity contribution in [2.45, 2.75) is 66.4 Å². The van der Waals surface area contributed by atoms with Crippen LogP contribution in [0.5, 0.6) is 0 Å². The molecule has 0 saturated carbocycles. The second kappa shape index (κ2) is 16.1. The lowest BCUT2D eigenvalue weighted by Crippen LogP contribution is -2.67. The standard InChI is InChI=1S/C35H29F10N7O4SSi/c1-31(2,3)58(23-10-6-4-7-11-23,24-12-8-5-9-13-24)56-20-32(37,38)19-51-30(48-49-50-51)57-27-15-14-22(52(54)55)17-25(27)29(53)47-28-26(36)16-21(18-46-28)33(39,40)34(41,42)35(43,44)45/h4-18H,19-20H2,1-3H3,(H,46,47,53). The molecule has 0 unspecified atom stereocenters. The molecule has 5 rings (SSSR count). The summed E-state index contributed by atoms with van der Waals surface area (Å²) in [6, 6.07) is 20.1. The van der Waals surface area contributed by atoms with Crippen LogP contribution in [0.2, 0.25) is 5.04 Å². The zero-order valence-electron chi connectivity index (χ0n) is 30.1. The molecule has 23 heteroatoms. The Bertz CT molecular complexity index is 2240. The first-order valence-electron chi connectivity index (χ1n) is 16.6. The number of anilines is 1. The van der Waals surface area contributed by atoms with Crippen molar-refractivity contribution in [2.24, 2.45) is 0 Å². The average Bonchev–Trinajstić information content (AvgIpc) is 3.57. The summed E-state index contributed by atoms with van der Waals surface area (Å²) in [7, 11) is -3.43. The number of alkyl halides is 9. The zero-order chi connectivity index (χ0) is 42.9. The molecule has 0 spiro atoms. The van der Waals surface area contributed by atoms with Gasteiger partial charge in [-0.05, 0) is 49.7 Å². The van der Waals surface area contributed by atoms with E-state index < -0.39 is 95.8 Å². The molecule has 58 heavy (non-hydrogen) atoms. The molecule has 3 aromatic carbocycles. The van der Waals surface area contributed by atoms with Crippen molar-refractivity contribution in [1.82, 2.24) is 25.2 Å². The first-order valence-corrected chi connectivity index (χ1v) is 19.3. The number of nitrogens with zero attached hydrogens (tertiary/aromatic N) is 6. The summed E-state index contributed by atoms with van der Waals surface area (Å²) < 4.78 is 147. The molecule has 0 bridgehead atoms. The van der Waals surface area contributed by atoms with E-state index in [0.717, 1.165) is 22.5 Å². The van der Waals surface area contributed by atoms with Crippen LogP contribution in [0, 0.1) is 15.9 Å². The van der Waals surface area contributed by atoms with Gasteiger partial charge in [-0.2, -0.15) is 30.7 Å². The predicted molar refractivity (Wildman–Crippen MR) is 191 cm³/mol. The number of nitro groups is 1. The Hall–Kier alpha value is -5.42. The Morgan fingerprint density at radius 2 is 1.48 bits per heavy atom. The normalized spacial score (nSPS) is 13.1. The highest BCUT2D eigenvalue weighted by molar-refractivity contribution is 7.99. The first kappa shape index (κ1) is 43.7. The lowest BCUT2D eigenvalue weighted by Gasteiger charge is -2.43. The van der Waals surface area contributed by atoms with Gasteiger partial charge in [0.1, 0.15) is 13.2 Å². The molecule has 0 aliphatic rings. The third kappa shape index (κ3) is 8.69. The predicted octanol–water partition coefficient (Wildman–Crippen LogP) is 8.02. The zero-order valence-corrected chi connectivity index (χ0v) is 31.9. The van der Waals surface area contributed by atoms with E-state index in [0.29, 0.717) is 22.5 Å². The third-order valence-electron chi connectivity index (χ3n) is 8.60. The van der Waals surface area contributed by atoms with E-state index in [1.54, 1.807) is 41.7 Å². The van der Waals surface area contributed by atoms with Crippen LogP contribution in [0.4, 0.5) is 55.4 Å². The van der Waals surface area contributed by atoms with Crippen molar-refractivity contribution in [2.75, 3.05) is 11.9 Å². The van der Waals surface area contributed by atoms with Crippen LogP contribution in [-0.4, -0.2) is 69.0 Å². The van der Waals surface area contributed by atoms with Gasteiger partial charge in [-0.25, -0.2) is 22.8 Å². The maximum absolute atomic E-state index is 16.0. The van der Waals surface area contributed by atoms with Gasteiger partial charge in [0.15, 0.2) is 11.6 Å². The topological polar surface area (TPSA) is 138 Å². The van der Waals surface area contributed by atoms with E-state index in [4.69, 9.17) is 4.43 Å². The number of hydrogen-bond acceptors (Lipinski definition) is 9. The molecule has 0 atom stereocenters. The number of halogens is 10. The van der Waals surface area contributed by atoms with E-state index in [9.17, 15) is 50.0 Å². The summed E-state index contributed by atoms with van der Waals surface area (Å²) in [5.74, 6) is -20.9. The molecule has 1 amide bonds. The molecule has 0 fully saturated rings. The summed E-state index contributed by atoms with van der Waals surface area (Å²) in [6.45, 7) is 3.43. The Morgan fingerprint density at radius 3 is 2.00 bits per heavy atom. The molecule has 1 N–H and O–H groups in total. The minimum atomic E-state index is -6.73. The number of non-ortho nitro benzene ring substituents is 1. The molecule has 0 aliphatic carbocycles. The molecule has 5 aromatic rings. The number of nitro benzene ring substituents is 1. The van der Waals surface area contributed by atoms with Gasteiger partial charge in [-0.3, -0.25) is 14.9 Å². The SMILES string of the molecule is CC(C)(C)[Si](OCC(F)(F)Cn1nnnc1Sc1ccc([N+](=O)[O-])cc1C(=O)Nc1ncc(C(F)(F)C(F)(F)C(F)(F)F)cc1F)(c1ccccc1)c1ccccc1. The largest absolute Gasteiger partial charge is 0.460 e. The second-order valence-corrected chi connectivity index (χ2v) is 18.9. The lowest BCUT2D eigenvalue weighted by atomic mass is 10.0. The summed E-state index contributed by atoms with van der Waals surface area (Å²) in [5, 5.41) is 24.5. The highest BCUT2D eigenvalue weighted by Crippen LogP contribution is 2.52. The number of carbonyl (C=O) groups excluding carboxylic acids is 1. The number of rotatable bonds is 14. The van der Waals surface area contributed by atoms with E-state index >= 15 is 8.78 Å². The number of pyridine rings is 1. The van der Waals surface area contributed by atoms with Gasteiger partial charge in [-0.15, -0.1) is 5.10 Å². The van der Waals surface area contributed by atoms with E-state index in [-0.39, 0.29) is 16.2 Å². The van der Waals surface area contributed by atoms with Gasteiger partial charge in [0.25, 0.3) is 25.8 Å². The summed E-state index contributed by atoms with van der Waals surface area (Å²) in [5.41, 5.74) is -3.55. The van der Waals surface area contributed by atoms with E-state index in [1.807, 2.05) is 45.0 Å². The number of benzene rings is 3. The summed E-state index contributed by atoms with van der Waals surface area (Å²) >= 11 is 0.459. The van der Waals surface area contributed by atoms with Gasteiger partial charge < -0.3 is 9.74 Å². The van der Waals surface area contributed by atoms with Crippen LogP contribution in [0.1, 0.15) is 36.7 Å². The monoisotopic (exact) mass is 861 g/mol. The molecular formula is C35H29F10N7O4SSi. The van der Waals surface area contributed by atoms with Gasteiger partial charge in [0.05, 0.1) is 10.5 Å². The van der Waals surface area contributed by atoms with Gasteiger partial charge in [0, 0.05) is 28.8 Å². The molecule has 308 valence electrons. The fraction of sp³-hybridized carbons (Fsp3) is 0.286. The van der Waals surface area contributed by atoms with Gasteiger partial charge >= 0.3 is 18.0 Å². The van der Waals surface area contributed by atoms with Crippen LogP contribution in [0.25, 0.3) is 0 Å². The molecule has 0 radical (unpaired) electrons. The number of hydrogen-bond donors (Lipinski definition) is 1. The smallest absolute Gasteiger partial charge is 0.401 e. The van der Waals surface area contributed by atoms with E-state index in [1.165, 1.54) is 0 Å². The Labute approximate surface area is 327 Å². The summed E-state index contributed by atoms with van der Waals surface area (Å²) in [4.78, 5) is 26.7. The van der Waals surface area contributed by atoms with Crippen LogP contribution >= 0.6 is 11.8 Å². The minimum absolute atomic E-state index is 0.229. The Balaban J connectivity index is 1.41. The maximum Gasteiger partial charge on any atom is 0.460 e. The second-order valence-electron chi connectivity index (χ2n) is 13.6. The minimum Gasteiger partial charge on any atom is -0.401 e. The van der Waals surface area contributed by atoms with Crippen molar-refractivity contribution in [1.29, 1.82) is 0 Å². The quantitative estimate of drug-likeness (QED) is 0.0509. The molecular weight excluding hydrogens is 833 g/mol.